The van der Waals surface area contributed by atoms with Gasteiger partial charge in [0.25, 0.3) is 11.8 Å². The van der Waals surface area contributed by atoms with Gasteiger partial charge < -0.3 is 14.5 Å². The zero-order valence-electron chi connectivity index (χ0n) is 13.4. The zero-order chi connectivity index (χ0) is 16.9. The van der Waals surface area contributed by atoms with Crippen LogP contribution in [-0.4, -0.2) is 23.2 Å². The van der Waals surface area contributed by atoms with E-state index in [1.54, 1.807) is 13.2 Å². The van der Waals surface area contributed by atoms with Gasteiger partial charge in [0.2, 0.25) is 5.89 Å². The van der Waals surface area contributed by atoms with Crippen molar-refractivity contribution in [3.05, 3.63) is 65.5 Å². The van der Waals surface area contributed by atoms with Gasteiger partial charge in [-0.1, -0.05) is 29.8 Å². The molecular formula is C18H17N3O3. The molecule has 1 heterocycles. The number of carbonyl (C=O) groups is 1. The number of nitrogens with one attached hydrogen (secondary N) is 1. The molecule has 24 heavy (non-hydrogen) atoms. The summed E-state index contributed by atoms with van der Waals surface area (Å²) in [4.78, 5) is 12.1. The number of hydrogen-bond donors (Lipinski definition) is 1. The Hall–Kier alpha value is -3.15. The van der Waals surface area contributed by atoms with E-state index in [0.717, 1.165) is 5.56 Å². The smallest absolute Gasteiger partial charge is 0.251 e. The Morgan fingerprint density at radius 3 is 2.79 bits per heavy atom. The van der Waals surface area contributed by atoms with Crippen LogP contribution in [0.5, 0.6) is 5.75 Å². The Kier molecular flexibility index (Phi) is 4.56. The number of para-hydroxylation sites is 1. The van der Waals surface area contributed by atoms with Gasteiger partial charge in [-0.2, -0.15) is 0 Å². The van der Waals surface area contributed by atoms with Crippen molar-refractivity contribution in [2.75, 3.05) is 7.11 Å². The molecular weight excluding hydrogens is 306 g/mol. The summed E-state index contributed by atoms with van der Waals surface area (Å²) in [7, 11) is 1.58. The van der Waals surface area contributed by atoms with Gasteiger partial charge >= 0.3 is 0 Å². The van der Waals surface area contributed by atoms with Crippen LogP contribution in [0, 0.1) is 6.92 Å². The van der Waals surface area contributed by atoms with E-state index < -0.39 is 0 Å². The fraction of sp³-hybridized carbons (Fsp3) is 0.167. The van der Waals surface area contributed by atoms with Gasteiger partial charge in [0.1, 0.15) is 5.75 Å². The maximum absolute atomic E-state index is 12.1. The molecule has 1 N–H and O–H groups in total. The number of ether oxygens (including phenoxy) is 1. The lowest BCUT2D eigenvalue weighted by atomic mass is 10.1. The van der Waals surface area contributed by atoms with E-state index in [9.17, 15) is 4.79 Å². The molecule has 0 aliphatic carbocycles. The van der Waals surface area contributed by atoms with Crippen LogP contribution in [0.2, 0.25) is 0 Å². The summed E-state index contributed by atoms with van der Waals surface area (Å²) in [6.45, 7) is 2.10. The average Bonchev–Trinajstić information content (AvgIpc) is 3.08. The Morgan fingerprint density at radius 2 is 2.00 bits per heavy atom. The molecule has 0 unspecified atom stereocenters. The molecule has 0 saturated heterocycles. The van der Waals surface area contributed by atoms with Crippen LogP contribution in [0.1, 0.15) is 21.8 Å². The van der Waals surface area contributed by atoms with Gasteiger partial charge in [0.05, 0.1) is 19.2 Å². The molecule has 0 radical (unpaired) electrons. The summed E-state index contributed by atoms with van der Waals surface area (Å²) >= 11 is 0. The van der Waals surface area contributed by atoms with Crippen LogP contribution in [0.15, 0.2) is 52.9 Å². The molecule has 6 nitrogen and oxygen atoms in total. The highest BCUT2D eigenvalue weighted by molar-refractivity contribution is 5.94. The molecule has 2 aromatic carbocycles. The Bertz CT molecular complexity index is 858. The van der Waals surface area contributed by atoms with Crippen molar-refractivity contribution in [2.24, 2.45) is 0 Å². The summed E-state index contributed by atoms with van der Waals surface area (Å²) in [6.07, 6.45) is 0. The minimum atomic E-state index is -0.184. The molecule has 122 valence electrons. The molecule has 1 aromatic heterocycles. The number of aromatic nitrogens is 2. The molecule has 3 aromatic rings. The standard InChI is InChI=1S/C18H17N3O3/c1-12-6-5-7-13(10-12)17(22)19-11-16-20-21-18(24-16)14-8-3-4-9-15(14)23-2/h3-10H,11H2,1-2H3,(H,19,22). The highest BCUT2D eigenvalue weighted by Gasteiger charge is 2.14. The lowest BCUT2D eigenvalue weighted by Gasteiger charge is -2.04. The third kappa shape index (κ3) is 3.43. The molecule has 3 rings (SSSR count). The van der Waals surface area contributed by atoms with Crippen molar-refractivity contribution >= 4 is 5.91 Å². The van der Waals surface area contributed by atoms with Crippen LogP contribution in [0.4, 0.5) is 0 Å². The fourth-order valence-corrected chi connectivity index (χ4v) is 2.30. The molecule has 0 atom stereocenters. The average molecular weight is 323 g/mol. The van der Waals surface area contributed by atoms with E-state index in [-0.39, 0.29) is 12.5 Å². The number of amides is 1. The molecule has 6 heteroatoms. The van der Waals surface area contributed by atoms with Crippen LogP contribution in [0.3, 0.4) is 0 Å². The van der Waals surface area contributed by atoms with Crippen LogP contribution in [-0.2, 0) is 6.54 Å². The molecule has 0 aliphatic rings. The summed E-state index contributed by atoms with van der Waals surface area (Å²) in [5.41, 5.74) is 2.34. The monoisotopic (exact) mass is 323 g/mol. The lowest BCUT2D eigenvalue weighted by Crippen LogP contribution is -2.22. The number of nitrogens with zero attached hydrogens (tertiary/aromatic N) is 2. The first-order chi connectivity index (χ1) is 11.7. The highest BCUT2D eigenvalue weighted by Crippen LogP contribution is 2.28. The molecule has 0 bridgehead atoms. The van der Waals surface area contributed by atoms with Gasteiger partial charge in [-0.05, 0) is 31.2 Å². The second-order valence-corrected chi connectivity index (χ2v) is 5.25. The molecule has 0 aliphatic heterocycles. The van der Waals surface area contributed by atoms with E-state index in [4.69, 9.17) is 9.15 Å². The predicted octanol–water partition coefficient (Wildman–Crippen LogP) is 2.98. The Morgan fingerprint density at radius 1 is 1.17 bits per heavy atom. The van der Waals surface area contributed by atoms with Gasteiger partial charge in [0, 0.05) is 5.56 Å². The maximum atomic E-state index is 12.1. The number of aryl methyl sites for hydroxylation is 1. The van der Waals surface area contributed by atoms with Crippen LogP contribution in [0.25, 0.3) is 11.5 Å². The van der Waals surface area contributed by atoms with Crippen molar-refractivity contribution < 1.29 is 13.9 Å². The first kappa shape index (κ1) is 15.7. The number of rotatable bonds is 5. The second kappa shape index (κ2) is 6.95. The number of methoxy groups -OCH3 is 1. The molecule has 0 fully saturated rings. The van der Waals surface area contributed by atoms with Gasteiger partial charge in [-0.15, -0.1) is 10.2 Å². The number of carbonyl (C=O) groups excluding carboxylic acids is 1. The van der Waals surface area contributed by atoms with Crippen molar-refractivity contribution in [3.63, 3.8) is 0 Å². The highest BCUT2D eigenvalue weighted by atomic mass is 16.5. The Labute approximate surface area is 139 Å². The Balaban J connectivity index is 1.69. The third-order valence-electron chi connectivity index (χ3n) is 3.48. The van der Waals surface area contributed by atoms with E-state index in [1.165, 1.54) is 0 Å². The van der Waals surface area contributed by atoms with E-state index in [1.807, 2.05) is 49.4 Å². The summed E-state index contributed by atoms with van der Waals surface area (Å²) < 4.78 is 10.9. The maximum Gasteiger partial charge on any atom is 0.251 e. The van der Waals surface area contributed by atoms with Crippen molar-refractivity contribution in [1.82, 2.24) is 15.5 Å². The van der Waals surface area contributed by atoms with Gasteiger partial charge in [-0.25, -0.2) is 0 Å². The number of benzene rings is 2. The molecule has 0 saturated carbocycles. The van der Waals surface area contributed by atoms with E-state index in [2.05, 4.69) is 15.5 Å². The van der Waals surface area contributed by atoms with Crippen LogP contribution < -0.4 is 10.1 Å². The topological polar surface area (TPSA) is 77.3 Å². The number of hydrogen-bond acceptors (Lipinski definition) is 5. The van der Waals surface area contributed by atoms with Crippen molar-refractivity contribution in [2.45, 2.75) is 13.5 Å². The lowest BCUT2D eigenvalue weighted by molar-refractivity contribution is 0.0947. The van der Waals surface area contributed by atoms with E-state index >= 15 is 0 Å². The predicted molar refractivity (Wildman–Crippen MR) is 88.6 cm³/mol. The van der Waals surface area contributed by atoms with E-state index in [0.29, 0.717) is 28.7 Å². The first-order valence-electron chi connectivity index (χ1n) is 7.48. The second-order valence-electron chi connectivity index (χ2n) is 5.25. The minimum Gasteiger partial charge on any atom is -0.496 e. The summed E-state index contributed by atoms with van der Waals surface area (Å²) in [5, 5.41) is 10.7. The van der Waals surface area contributed by atoms with Crippen molar-refractivity contribution in [1.29, 1.82) is 0 Å². The van der Waals surface area contributed by atoms with Gasteiger partial charge in [0.15, 0.2) is 0 Å². The van der Waals surface area contributed by atoms with Crippen molar-refractivity contribution in [3.8, 4) is 17.2 Å². The minimum absolute atomic E-state index is 0.162. The van der Waals surface area contributed by atoms with Crippen LogP contribution >= 0.6 is 0 Å². The quantitative estimate of drug-likeness (QED) is 0.781. The molecule has 0 spiro atoms. The fourth-order valence-electron chi connectivity index (χ4n) is 2.30. The first-order valence-corrected chi connectivity index (χ1v) is 7.48. The summed E-state index contributed by atoms with van der Waals surface area (Å²) in [6, 6.07) is 14.7. The largest absolute Gasteiger partial charge is 0.496 e. The normalized spacial score (nSPS) is 10.4. The molecule has 1 amide bonds. The third-order valence-corrected chi connectivity index (χ3v) is 3.48. The summed E-state index contributed by atoms with van der Waals surface area (Å²) in [5.74, 6) is 1.15. The zero-order valence-corrected chi connectivity index (χ0v) is 13.4. The SMILES string of the molecule is COc1ccccc1-c1nnc(CNC(=O)c2cccc(C)c2)o1. The van der Waals surface area contributed by atoms with Gasteiger partial charge in [-0.3, -0.25) is 4.79 Å².